The lowest BCUT2D eigenvalue weighted by molar-refractivity contribution is 0.0953. The predicted octanol–water partition coefficient (Wildman–Crippen LogP) is 2.80. The first-order chi connectivity index (χ1) is 10.6. The van der Waals surface area contributed by atoms with E-state index in [1.807, 2.05) is 0 Å². The van der Waals surface area contributed by atoms with E-state index in [1.54, 1.807) is 31.4 Å². The van der Waals surface area contributed by atoms with Crippen LogP contribution in [-0.4, -0.2) is 29.5 Å². The zero-order valence-electron chi connectivity index (χ0n) is 12.0. The molecule has 0 radical (unpaired) electrons. The molecule has 0 spiro atoms. The van der Waals surface area contributed by atoms with Crippen molar-refractivity contribution in [2.45, 2.75) is 0 Å². The number of methoxy groups -OCH3 is 1. The quantitative estimate of drug-likeness (QED) is 0.801. The van der Waals surface area contributed by atoms with Gasteiger partial charge in [-0.3, -0.25) is 4.79 Å². The minimum Gasteiger partial charge on any atom is -0.495 e. The molecule has 0 aliphatic rings. The van der Waals surface area contributed by atoms with Crippen LogP contribution in [0.3, 0.4) is 0 Å². The van der Waals surface area contributed by atoms with Gasteiger partial charge in [-0.25, -0.2) is 9.97 Å². The first-order valence-electron chi connectivity index (χ1n) is 6.46. The molecule has 0 aliphatic carbocycles. The number of anilines is 2. The molecular weight excluding hydrogens is 304 g/mol. The average molecular weight is 319 g/mol. The standard InChI is InChI=1S/C15H15ClN4O2/c1-3-7-17-14(21)11-6-8-18-15(19-11)20-12-9-10(16)4-5-13(12)22-2/h3-6,8-9H,1,7H2,2H3,(H,17,21)(H,18,19,20). The predicted molar refractivity (Wildman–Crippen MR) is 85.8 cm³/mol. The molecule has 2 N–H and O–H groups in total. The highest BCUT2D eigenvalue weighted by molar-refractivity contribution is 6.31. The Bertz CT molecular complexity index is 691. The van der Waals surface area contributed by atoms with E-state index in [1.165, 1.54) is 12.3 Å². The highest BCUT2D eigenvalue weighted by Gasteiger charge is 2.10. The second-order valence-electron chi connectivity index (χ2n) is 4.23. The van der Waals surface area contributed by atoms with Crippen molar-refractivity contribution in [2.24, 2.45) is 0 Å². The number of rotatable bonds is 6. The molecular formula is C15H15ClN4O2. The number of nitrogens with one attached hydrogen (secondary N) is 2. The lowest BCUT2D eigenvalue weighted by Crippen LogP contribution is -2.24. The number of ether oxygens (including phenoxy) is 1. The highest BCUT2D eigenvalue weighted by atomic mass is 35.5. The number of carbonyl (C=O) groups is 1. The summed E-state index contributed by atoms with van der Waals surface area (Å²) in [6, 6.07) is 6.66. The molecule has 0 saturated carbocycles. The summed E-state index contributed by atoms with van der Waals surface area (Å²) in [4.78, 5) is 20.1. The van der Waals surface area contributed by atoms with Gasteiger partial charge in [-0.2, -0.15) is 0 Å². The average Bonchev–Trinajstić information content (AvgIpc) is 2.53. The first kappa shape index (κ1) is 15.8. The van der Waals surface area contributed by atoms with Crippen LogP contribution in [0.25, 0.3) is 0 Å². The van der Waals surface area contributed by atoms with Crippen LogP contribution in [-0.2, 0) is 0 Å². The fourth-order valence-electron chi connectivity index (χ4n) is 1.70. The van der Waals surface area contributed by atoms with Crippen molar-refractivity contribution < 1.29 is 9.53 Å². The Morgan fingerprint density at radius 2 is 2.27 bits per heavy atom. The van der Waals surface area contributed by atoms with Gasteiger partial charge in [0.1, 0.15) is 11.4 Å². The summed E-state index contributed by atoms with van der Waals surface area (Å²) in [5.74, 6) is 0.560. The summed E-state index contributed by atoms with van der Waals surface area (Å²) in [5.41, 5.74) is 0.860. The van der Waals surface area contributed by atoms with Crippen LogP contribution >= 0.6 is 11.6 Å². The van der Waals surface area contributed by atoms with E-state index >= 15 is 0 Å². The molecule has 0 bridgehead atoms. The number of carbonyl (C=O) groups excluding carboxylic acids is 1. The van der Waals surface area contributed by atoms with E-state index < -0.39 is 0 Å². The third kappa shape index (κ3) is 3.95. The Kier molecular flexibility index (Phi) is 5.32. The Morgan fingerprint density at radius 1 is 1.45 bits per heavy atom. The maximum atomic E-state index is 11.9. The largest absolute Gasteiger partial charge is 0.495 e. The summed E-state index contributed by atoms with van der Waals surface area (Å²) in [6.45, 7) is 3.91. The minimum atomic E-state index is -0.302. The highest BCUT2D eigenvalue weighted by Crippen LogP contribution is 2.29. The molecule has 1 aromatic carbocycles. The van der Waals surface area contributed by atoms with Crippen molar-refractivity contribution in [1.82, 2.24) is 15.3 Å². The Morgan fingerprint density at radius 3 is 3.00 bits per heavy atom. The van der Waals surface area contributed by atoms with E-state index in [-0.39, 0.29) is 17.5 Å². The van der Waals surface area contributed by atoms with Crippen molar-refractivity contribution in [3.8, 4) is 5.75 Å². The molecule has 0 atom stereocenters. The van der Waals surface area contributed by atoms with E-state index in [9.17, 15) is 4.79 Å². The fraction of sp³-hybridized carbons (Fsp3) is 0.133. The van der Waals surface area contributed by atoms with Crippen molar-refractivity contribution in [2.75, 3.05) is 19.0 Å². The molecule has 2 aromatic rings. The maximum Gasteiger partial charge on any atom is 0.270 e. The van der Waals surface area contributed by atoms with Crippen LogP contribution in [0.1, 0.15) is 10.5 Å². The molecule has 0 saturated heterocycles. The molecule has 1 heterocycles. The fourth-order valence-corrected chi connectivity index (χ4v) is 1.87. The molecule has 0 aliphatic heterocycles. The molecule has 7 heteroatoms. The third-order valence-corrected chi connectivity index (χ3v) is 2.94. The van der Waals surface area contributed by atoms with Gasteiger partial charge in [-0.05, 0) is 24.3 Å². The summed E-state index contributed by atoms with van der Waals surface area (Å²) in [6.07, 6.45) is 3.09. The van der Waals surface area contributed by atoms with Crippen LogP contribution < -0.4 is 15.4 Å². The molecule has 2 rings (SSSR count). The minimum absolute atomic E-state index is 0.250. The number of aromatic nitrogens is 2. The first-order valence-corrected chi connectivity index (χ1v) is 6.84. The van der Waals surface area contributed by atoms with Gasteiger partial charge in [0, 0.05) is 17.8 Å². The second kappa shape index (κ2) is 7.42. The van der Waals surface area contributed by atoms with Gasteiger partial charge in [-0.15, -0.1) is 6.58 Å². The molecule has 0 fully saturated rings. The van der Waals surface area contributed by atoms with Crippen LogP contribution in [0.4, 0.5) is 11.6 Å². The van der Waals surface area contributed by atoms with Crippen molar-refractivity contribution >= 4 is 29.1 Å². The van der Waals surface area contributed by atoms with Crippen LogP contribution in [0.15, 0.2) is 43.1 Å². The number of benzene rings is 1. The van der Waals surface area contributed by atoms with Crippen LogP contribution in [0, 0.1) is 0 Å². The Labute approximate surface area is 133 Å². The van der Waals surface area contributed by atoms with E-state index in [4.69, 9.17) is 16.3 Å². The van der Waals surface area contributed by atoms with Gasteiger partial charge in [0.05, 0.1) is 12.8 Å². The summed E-state index contributed by atoms with van der Waals surface area (Å²) in [5, 5.41) is 6.18. The SMILES string of the molecule is C=CCNC(=O)c1ccnc(Nc2cc(Cl)ccc2OC)n1. The molecule has 114 valence electrons. The molecule has 22 heavy (non-hydrogen) atoms. The topological polar surface area (TPSA) is 76.1 Å². The lowest BCUT2D eigenvalue weighted by Gasteiger charge is -2.10. The van der Waals surface area contributed by atoms with Gasteiger partial charge < -0.3 is 15.4 Å². The van der Waals surface area contributed by atoms with Crippen LogP contribution in [0.5, 0.6) is 5.75 Å². The normalized spacial score (nSPS) is 9.91. The number of nitrogens with zero attached hydrogens (tertiary/aromatic N) is 2. The van der Waals surface area contributed by atoms with Gasteiger partial charge in [0.25, 0.3) is 5.91 Å². The van der Waals surface area contributed by atoms with E-state index in [2.05, 4.69) is 27.2 Å². The molecule has 6 nitrogen and oxygen atoms in total. The maximum absolute atomic E-state index is 11.9. The molecule has 0 unspecified atom stereocenters. The van der Waals surface area contributed by atoms with Gasteiger partial charge >= 0.3 is 0 Å². The third-order valence-electron chi connectivity index (χ3n) is 2.70. The number of hydrogen-bond acceptors (Lipinski definition) is 5. The summed E-state index contributed by atoms with van der Waals surface area (Å²) in [7, 11) is 1.55. The molecule has 1 aromatic heterocycles. The monoisotopic (exact) mass is 318 g/mol. The molecule has 1 amide bonds. The van der Waals surface area contributed by atoms with Gasteiger partial charge in [0.2, 0.25) is 5.95 Å². The smallest absolute Gasteiger partial charge is 0.270 e. The number of hydrogen-bond donors (Lipinski definition) is 2. The van der Waals surface area contributed by atoms with Crippen LogP contribution in [0.2, 0.25) is 5.02 Å². The van der Waals surface area contributed by atoms with E-state index in [0.717, 1.165) is 0 Å². The number of halogens is 1. The lowest BCUT2D eigenvalue weighted by atomic mass is 10.3. The summed E-state index contributed by atoms with van der Waals surface area (Å²) >= 11 is 5.97. The Balaban J connectivity index is 2.22. The van der Waals surface area contributed by atoms with Crippen molar-refractivity contribution in [3.05, 3.63) is 53.8 Å². The van der Waals surface area contributed by atoms with E-state index in [0.29, 0.717) is 23.0 Å². The Hall–Kier alpha value is -2.60. The van der Waals surface area contributed by atoms with Crippen molar-refractivity contribution in [1.29, 1.82) is 0 Å². The summed E-state index contributed by atoms with van der Waals surface area (Å²) < 4.78 is 5.24. The zero-order chi connectivity index (χ0) is 15.9. The van der Waals surface area contributed by atoms with Gasteiger partial charge in [0.15, 0.2) is 0 Å². The second-order valence-corrected chi connectivity index (χ2v) is 4.67. The van der Waals surface area contributed by atoms with Gasteiger partial charge in [-0.1, -0.05) is 17.7 Å². The zero-order valence-corrected chi connectivity index (χ0v) is 12.7. The van der Waals surface area contributed by atoms with Crippen molar-refractivity contribution in [3.63, 3.8) is 0 Å². The number of amides is 1.